The lowest BCUT2D eigenvalue weighted by atomic mass is 10.1. The van der Waals surface area contributed by atoms with Crippen LogP contribution in [0.4, 0.5) is 0 Å². The molecule has 0 aliphatic rings. The van der Waals surface area contributed by atoms with Crippen LogP contribution in [0.15, 0.2) is 24.3 Å². The summed E-state index contributed by atoms with van der Waals surface area (Å²) in [5.74, 6) is -0.902. The molecule has 0 aliphatic carbocycles. The van der Waals surface area contributed by atoms with E-state index in [0.717, 1.165) is 11.3 Å². The van der Waals surface area contributed by atoms with Gasteiger partial charge in [-0.2, -0.15) is 0 Å². The number of aromatic nitrogens is 2. The fourth-order valence-electron chi connectivity index (χ4n) is 1.74. The van der Waals surface area contributed by atoms with Gasteiger partial charge in [0.2, 0.25) is 0 Å². The summed E-state index contributed by atoms with van der Waals surface area (Å²) in [6.07, 6.45) is 0.433. The summed E-state index contributed by atoms with van der Waals surface area (Å²) in [6, 6.07) is 7.44. The van der Waals surface area contributed by atoms with E-state index in [1.807, 2.05) is 18.2 Å². The first-order valence-corrected chi connectivity index (χ1v) is 6.10. The highest BCUT2D eigenvalue weighted by Gasteiger charge is 2.11. The first-order chi connectivity index (χ1) is 8.56. The van der Waals surface area contributed by atoms with Crippen molar-refractivity contribution in [1.29, 1.82) is 0 Å². The zero-order chi connectivity index (χ0) is 13.1. The van der Waals surface area contributed by atoms with E-state index in [0.29, 0.717) is 21.9 Å². The Kier molecular flexibility index (Phi) is 3.84. The van der Waals surface area contributed by atoms with Gasteiger partial charge < -0.3 is 15.1 Å². The molecular formula is C12H11ClN2O2S. The number of rotatable bonds is 4. The van der Waals surface area contributed by atoms with Gasteiger partial charge in [-0.15, -0.1) is 0 Å². The topological polar surface area (TPSA) is 68.9 Å². The molecule has 0 atom stereocenters. The molecule has 0 amide bonds. The molecule has 1 heterocycles. The number of carbonyl (C=O) groups is 1. The SMILES string of the molecule is O=C(O)Cc1[nH]c(=S)[nH]c1Cc1ccccc1Cl. The Morgan fingerprint density at radius 2 is 1.94 bits per heavy atom. The monoisotopic (exact) mass is 282 g/mol. The molecule has 0 radical (unpaired) electrons. The highest BCUT2D eigenvalue weighted by atomic mass is 35.5. The molecule has 94 valence electrons. The highest BCUT2D eigenvalue weighted by molar-refractivity contribution is 7.71. The second-order valence-electron chi connectivity index (χ2n) is 3.87. The maximum absolute atomic E-state index is 10.8. The predicted octanol–water partition coefficient (Wildman–Crippen LogP) is 2.94. The average molecular weight is 283 g/mol. The van der Waals surface area contributed by atoms with Crippen molar-refractivity contribution in [2.24, 2.45) is 0 Å². The van der Waals surface area contributed by atoms with E-state index in [1.165, 1.54) is 0 Å². The fraction of sp³-hybridized carbons (Fsp3) is 0.167. The molecule has 0 bridgehead atoms. The van der Waals surface area contributed by atoms with Crippen LogP contribution in [0.2, 0.25) is 5.02 Å². The number of aliphatic carboxylic acids is 1. The van der Waals surface area contributed by atoms with E-state index in [9.17, 15) is 4.79 Å². The van der Waals surface area contributed by atoms with Gasteiger partial charge in [0.25, 0.3) is 0 Å². The van der Waals surface area contributed by atoms with Crippen molar-refractivity contribution < 1.29 is 9.90 Å². The van der Waals surface area contributed by atoms with Crippen molar-refractivity contribution in [1.82, 2.24) is 9.97 Å². The van der Waals surface area contributed by atoms with Gasteiger partial charge in [-0.25, -0.2) is 0 Å². The van der Waals surface area contributed by atoms with Gasteiger partial charge in [-0.05, 0) is 23.8 Å². The Bertz CT molecular complexity index is 633. The lowest BCUT2D eigenvalue weighted by Gasteiger charge is -2.04. The largest absolute Gasteiger partial charge is 0.481 e. The maximum atomic E-state index is 10.8. The number of carboxylic acid groups (broad SMARTS) is 1. The van der Waals surface area contributed by atoms with Gasteiger partial charge in [-0.3, -0.25) is 4.79 Å². The number of carboxylic acids is 1. The molecule has 6 heteroatoms. The molecule has 0 spiro atoms. The molecule has 0 saturated heterocycles. The molecule has 2 aromatic rings. The molecule has 3 N–H and O–H groups in total. The summed E-state index contributed by atoms with van der Waals surface area (Å²) in [4.78, 5) is 16.6. The van der Waals surface area contributed by atoms with E-state index in [4.69, 9.17) is 28.9 Å². The van der Waals surface area contributed by atoms with Gasteiger partial charge in [0.15, 0.2) is 4.77 Å². The van der Waals surface area contributed by atoms with Crippen molar-refractivity contribution in [2.45, 2.75) is 12.8 Å². The number of nitrogens with one attached hydrogen (secondary N) is 2. The molecule has 4 nitrogen and oxygen atoms in total. The van der Waals surface area contributed by atoms with Crippen LogP contribution in [0.5, 0.6) is 0 Å². The maximum Gasteiger partial charge on any atom is 0.309 e. The lowest BCUT2D eigenvalue weighted by Crippen LogP contribution is -2.04. The molecule has 1 aromatic heterocycles. The van der Waals surface area contributed by atoms with Crippen molar-refractivity contribution in [3.05, 3.63) is 51.0 Å². The average Bonchev–Trinajstić information content (AvgIpc) is 2.61. The smallest absolute Gasteiger partial charge is 0.309 e. The van der Waals surface area contributed by atoms with Crippen LogP contribution < -0.4 is 0 Å². The van der Waals surface area contributed by atoms with Crippen LogP contribution in [0.3, 0.4) is 0 Å². The highest BCUT2D eigenvalue weighted by Crippen LogP contribution is 2.19. The van der Waals surface area contributed by atoms with Crippen LogP contribution in [0.1, 0.15) is 17.0 Å². The summed E-state index contributed by atoms with van der Waals surface area (Å²) in [5.41, 5.74) is 2.28. The van der Waals surface area contributed by atoms with Crippen LogP contribution in [0, 0.1) is 4.77 Å². The van der Waals surface area contributed by atoms with E-state index in [2.05, 4.69) is 9.97 Å². The third-order valence-corrected chi connectivity index (χ3v) is 3.12. The zero-order valence-corrected chi connectivity index (χ0v) is 10.9. The quantitative estimate of drug-likeness (QED) is 0.755. The van der Waals surface area contributed by atoms with Crippen LogP contribution in [0.25, 0.3) is 0 Å². The molecule has 0 aliphatic heterocycles. The Balaban J connectivity index is 2.31. The minimum Gasteiger partial charge on any atom is -0.481 e. The fourth-order valence-corrected chi connectivity index (χ4v) is 2.19. The number of aromatic amines is 2. The third kappa shape index (κ3) is 3.00. The van der Waals surface area contributed by atoms with Crippen molar-refractivity contribution in [2.75, 3.05) is 0 Å². The summed E-state index contributed by atoms with van der Waals surface area (Å²) < 4.78 is 0.424. The number of hydrogen-bond acceptors (Lipinski definition) is 2. The first-order valence-electron chi connectivity index (χ1n) is 5.31. The second-order valence-corrected chi connectivity index (χ2v) is 4.69. The number of halogens is 1. The molecule has 18 heavy (non-hydrogen) atoms. The summed E-state index contributed by atoms with van der Waals surface area (Å²) in [6.45, 7) is 0. The van der Waals surface area contributed by atoms with Crippen LogP contribution in [-0.4, -0.2) is 21.0 Å². The molecule has 0 fully saturated rings. The van der Waals surface area contributed by atoms with Crippen molar-refractivity contribution in [3.8, 4) is 0 Å². The first kappa shape index (κ1) is 12.9. The predicted molar refractivity (Wildman–Crippen MR) is 71.6 cm³/mol. The lowest BCUT2D eigenvalue weighted by molar-refractivity contribution is -0.136. The van der Waals surface area contributed by atoms with Gasteiger partial charge >= 0.3 is 5.97 Å². The minimum absolute atomic E-state index is 0.0904. The Labute approximate surface area is 114 Å². The van der Waals surface area contributed by atoms with Crippen LogP contribution in [-0.2, 0) is 17.6 Å². The van der Waals surface area contributed by atoms with Gasteiger partial charge in [0.1, 0.15) is 0 Å². The Morgan fingerprint density at radius 1 is 1.28 bits per heavy atom. The minimum atomic E-state index is -0.902. The summed E-state index contributed by atoms with van der Waals surface area (Å²) in [7, 11) is 0. The zero-order valence-electron chi connectivity index (χ0n) is 9.37. The van der Waals surface area contributed by atoms with Crippen molar-refractivity contribution in [3.63, 3.8) is 0 Å². The summed E-state index contributed by atoms with van der Waals surface area (Å²) >= 11 is 11.1. The van der Waals surface area contributed by atoms with E-state index in [-0.39, 0.29) is 6.42 Å². The Morgan fingerprint density at radius 3 is 2.61 bits per heavy atom. The molecule has 2 rings (SSSR count). The van der Waals surface area contributed by atoms with Gasteiger partial charge in [0.05, 0.1) is 6.42 Å². The molecule has 0 unspecified atom stereocenters. The third-order valence-electron chi connectivity index (χ3n) is 2.55. The van der Waals surface area contributed by atoms with E-state index < -0.39 is 5.97 Å². The van der Waals surface area contributed by atoms with Gasteiger partial charge in [0, 0.05) is 22.8 Å². The van der Waals surface area contributed by atoms with Crippen LogP contribution >= 0.6 is 23.8 Å². The number of H-pyrrole nitrogens is 2. The molecule has 0 saturated carbocycles. The number of imidazole rings is 1. The Hall–Kier alpha value is -1.59. The molecule has 1 aromatic carbocycles. The van der Waals surface area contributed by atoms with E-state index >= 15 is 0 Å². The number of hydrogen-bond donors (Lipinski definition) is 3. The molecular weight excluding hydrogens is 272 g/mol. The number of benzene rings is 1. The van der Waals surface area contributed by atoms with Crippen molar-refractivity contribution >= 4 is 29.8 Å². The van der Waals surface area contributed by atoms with E-state index in [1.54, 1.807) is 6.07 Å². The normalized spacial score (nSPS) is 10.5. The van der Waals surface area contributed by atoms with Gasteiger partial charge in [-0.1, -0.05) is 29.8 Å². The standard InChI is InChI=1S/C12H11ClN2O2S/c13-8-4-2-1-3-7(8)5-9-10(6-11(16)17)15-12(18)14-9/h1-4H,5-6H2,(H,16,17)(H2,14,15,18). The second kappa shape index (κ2) is 5.37. The summed E-state index contributed by atoms with van der Waals surface area (Å²) in [5, 5.41) is 9.48.